The molecule has 0 aromatic carbocycles. The predicted octanol–water partition coefficient (Wildman–Crippen LogP) is 2.49. The van der Waals surface area contributed by atoms with Crippen molar-refractivity contribution in [2.75, 3.05) is 13.1 Å². The Labute approximate surface area is 171 Å². The number of hydrogen-bond donors (Lipinski definition) is 3. The van der Waals surface area contributed by atoms with Gasteiger partial charge in [0.05, 0.1) is 5.69 Å². The summed E-state index contributed by atoms with van der Waals surface area (Å²) in [6, 6.07) is 4.00. The van der Waals surface area contributed by atoms with Crippen molar-refractivity contribution in [2.24, 2.45) is 0 Å². The molecule has 3 N–H and O–H groups in total. The fourth-order valence-electron chi connectivity index (χ4n) is 2.23. The van der Waals surface area contributed by atoms with E-state index in [0.29, 0.717) is 0 Å². The molecule has 3 rings (SSSR count). The zero-order valence-electron chi connectivity index (χ0n) is 15.5. The van der Waals surface area contributed by atoms with E-state index in [1.54, 1.807) is 18.7 Å². The normalized spacial score (nSPS) is 13.4. The predicted molar refractivity (Wildman–Crippen MR) is 92.9 cm³/mol. The molecule has 0 spiro atoms. The Morgan fingerprint density at radius 1 is 0.871 bits per heavy atom. The molecule has 0 bridgehead atoms. The second-order valence-electron chi connectivity index (χ2n) is 5.74. The lowest BCUT2D eigenvalue weighted by atomic mass is 10.0. The topological polar surface area (TPSA) is 125 Å². The Morgan fingerprint density at radius 3 is 1.84 bits per heavy atom. The zero-order valence-corrected chi connectivity index (χ0v) is 15.5. The van der Waals surface area contributed by atoms with Gasteiger partial charge in [-0.15, -0.1) is 0 Å². The van der Waals surface area contributed by atoms with Gasteiger partial charge >= 0.3 is 24.3 Å². The van der Waals surface area contributed by atoms with Gasteiger partial charge in [0.2, 0.25) is 0 Å². The van der Waals surface area contributed by atoms with Crippen LogP contribution in [0.5, 0.6) is 0 Å². The summed E-state index contributed by atoms with van der Waals surface area (Å²) in [6.07, 6.45) is -2.92. The van der Waals surface area contributed by atoms with Crippen LogP contribution in [-0.2, 0) is 22.4 Å². The number of halogens is 6. The van der Waals surface area contributed by atoms with E-state index in [9.17, 15) is 26.3 Å². The minimum atomic E-state index is -5.08. The first-order valence-electron chi connectivity index (χ1n) is 8.38. The Hall–Kier alpha value is -3.29. The summed E-state index contributed by atoms with van der Waals surface area (Å²) >= 11 is 0. The number of alkyl halides is 6. The quantitative estimate of drug-likeness (QED) is 0.562. The van der Waals surface area contributed by atoms with Gasteiger partial charge in [-0.05, 0) is 25.1 Å². The van der Waals surface area contributed by atoms with Crippen LogP contribution in [0.3, 0.4) is 0 Å². The van der Waals surface area contributed by atoms with Crippen molar-refractivity contribution in [3.8, 4) is 11.3 Å². The van der Waals surface area contributed by atoms with E-state index in [1.807, 2.05) is 12.1 Å². The number of carboxylic acid groups (broad SMARTS) is 2. The average Bonchev–Trinajstić information content (AvgIpc) is 2.93. The van der Waals surface area contributed by atoms with E-state index < -0.39 is 24.3 Å². The van der Waals surface area contributed by atoms with Crippen molar-refractivity contribution in [2.45, 2.75) is 25.2 Å². The highest BCUT2D eigenvalue weighted by atomic mass is 19.4. The van der Waals surface area contributed by atoms with Crippen LogP contribution in [0, 0.1) is 0 Å². The summed E-state index contributed by atoms with van der Waals surface area (Å²) in [4.78, 5) is 30.7. The summed E-state index contributed by atoms with van der Waals surface area (Å²) in [5, 5.41) is 17.6. The van der Waals surface area contributed by atoms with Gasteiger partial charge in [-0.1, -0.05) is 0 Å². The Morgan fingerprint density at radius 2 is 1.35 bits per heavy atom. The Balaban J connectivity index is 0.000000288. The van der Waals surface area contributed by atoms with Gasteiger partial charge in [-0.3, -0.25) is 4.98 Å². The summed E-state index contributed by atoms with van der Waals surface area (Å²) < 4.78 is 63.5. The Kier molecular flexibility index (Phi) is 9.30. The molecular formula is C17H16F6N4O4. The van der Waals surface area contributed by atoms with Crippen LogP contribution < -0.4 is 5.32 Å². The molecule has 3 heterocycles. The van der Waals surface area contributed by atoms with Crippen LogP contribution >= 0.6 is 0 Å². The van der Waals surface area contributed by atoms with Crippen molar-refractivity contribution < 1.29 is 46.1 Å². The van der Waals surface area contributed by atoms with Crippen molar-refractivity contribution in [1.29, 1.82) is 0 Å². The molecule has 0 saturated heterocycles. The number of carboxylic acids is 2. The summed E-state index contributed by atoms with van der Waals surface area (Å²) in [5.74, 6) is -5.51. The van der Waals surface area contributed by atoms with Crippen molar-refractivity contribution in [3.63, 3.8) is 0 Å². The second-order valence-corrected chi connectivity index (χ2v) is 5.74. The van der Waals surface area contributed by atoms with Crippen LogP contribution in [0.15, 0.2) is 30.9 Å². The molecular weight excluding hydrogens is 438 g/mol. The SMILES string of the molecule is O=C(O)C(F)(F)F.O=C(O)C(F)(F)F.c1cc(-c2ncnc3c2CCNCC3)ccn1. The molecule has 0 radical (unpaired) electrons. The number of fused-ring (bicyclic) bond motifs is 1. The standard InChI is InChI=1S/C13H14N4.2C2HF3O2/c1-5-14-6-2-10(1)13-11-3-7-15-8-4-12(11)16-9-17-13;2*3-2(4,5)1(6)7/h1-2,5-6,9,15H,3-4,7-8H2;2*(H,6,7). The lowest BCUT2D eigenvalue weighted by molar-refractivity contribution is -0.193. The van der Waals surface area contributed by atoms with Crippen molar-refractivity contribution >= 4 is 11.9 Å². The molecule has 8 nitrogen and oxygen atoms in total. The number of nitrogens with one attached hydrogen (secondary N) is 1. The molecule has 31 heavy (non-hydrogen) atoms. The minimum Gasteiger partial charge on any atom is -0.475 e. The maximum absolute atomic E-state index is 10.6. The fraction of sp³-hybridized carbons (Fsp3) is 0.353. The molecule has 1 aliphatic rings. The van der Waals surface area contributed by atoms with Gasteiger partial charge in [0, 0.05) is 42.2 Å². The number of nitrogens with zero attached hydrogens (tertiary/aromatic N) is 3. The third-order valence-electron chi connectivity index (χ3n) is 3.56. The van der Waals surface area contributed by atoms with E-state index in [4.69, 9.17) is 19.8 Å². The van der Waals surface area contributed by atoms with E-state index in [1.165, 1.54) is 11.3 Å². The van der Waals surface area contributed by atoms with Gasteiger partial charge in [0.25, 0.3) is 0 Å². The summed E-state index contributed by atoms with van der Waals surface area (Å²) in [7, 11) is 0. The highest BCUT2D eigenvalue weighted by Crippen LogP contribution is 2.23. The number of carbonyl (C=O) groups is 2. The number of aromatic nitrogens is 3. The fourth-order valence-corrected chi connectivity index (χ4v) is 2.23. The number of aliphatic carboxylic acids is 2. The van der Waals surface area contributed by atoms with Crippen LogP contribution in [-0.4, -0.2) is 62.5 Å². The van der Waals surface area contributed by atoms with Crippen LogP contribution in [0.4, 0.5) is 26.3 Å². The van der Waals surface area contributed by atoms with Gasteiger partial charge < -0.3 is 15.5 Å². The minimum absolute atomic E-state index is 0.982. The maximum atomic E-state index is 10.6. The van der Waals surface area contributed by atoms with Crippen LogP contribution in [0.2, 0.25) is 0 Å². The zero-order chi connectivity index (χ0) is 23.7. The van der Waals surface area contributed by atoms with E-state index >= 15 is 0 Å². The molecule has 2 aromatic rings. The molecule has 170 valence electrons. The largest absolute Gasteiger partial charge is 0.490 e. The van der Waals surface area contributed by atoms with Crippen molar-refractivity contribution in [3.05, 3.63) is 42.1 Å². The monoisotopic (exact) mass is 454 g/mol. The Bertz CT molecular complexity index is 851. The molecule has 0 fully saturated rings. The third kappa shape index (κ3) is 8.94. The maximum Gasteiger partial charge on any atom is 0.490 e. The average molecular weight is 454 g/mol. The molecule has 0 atom stereocenters. The molecule has 1 aliphatic heterocycles. The van der Waals surface area contributed by atoms with Gasteiger partial charge in [-0.25, -0.2) is 19.6 Å². The lowest BCUT2D eigenvalue weighted by Gasteiger charge is -2.09. The van der Waals surface area contributed by atoms with E-state index in [2.05, 4.69) is 20.3 Å². The first-order valence-corrected chi connectivity index (χ1v) is 8.38. The highest BCUT2D eigenvalue weighted by Gasteiger charge is 2.38. The lowest BCUT2D eigenvalue weighted by Crippen LogP contribution is -2.21. The number of pyridine rings is 1. The molecule has 2 aromatic heterocycles. The summed E-state index contributed by atoms with van der Waals surface area (Å²) in [6.45, 7) is 2.00. The van der Waals surface area contributed by atoms with Gasteiger partial charge in [0.15, 0.2) is 0 Å². The van der Waals surface area contributed by atoms with Crippen molar-refractivity contribution in [1.82, 2.24) is 20.3 Å². The smallest absolute Gasteiger partial charge is 0.475 e. The van der Waals surface area contributed by atoms with Crippen LogP contribution in [0.1, 0.15) is 11.3 Å². The first-order chi connectivity index (χ1) is 14.3. The number of rotatable bonds is 1. The molecule has 14 heteroatoms. The van der Waals surface area contributed by atoms with E-state index in [-0.39, 0.29) is 0 Å². The van der Waals surface area contributed by atoms with E-state index in [0.717, 1.165) is 37.2 Å². The number of hydrogen-bond acceptors (Lipinski definition) is 6. The van der Waals surface area contributed by atoms with Gasteiger partial charge in [-0.2, -0.15) is 26.3 Å². The highest BCUT2D eigenvalue weighted by molar-refractivity contribution is 5.73. The molecule has 0 unspecified atom stereocenters. The molecule has 0 saturated carbocycles. The van der Waals surface area contributed by atoms with Gasteiger partial charge in [0.1, 0.15) is 6.33 Å². The summed E-state index contributed by atoms with van der Waals surface area (Å²) in [5.41, 5.74) is 4.64. The molecule has 0 aliphatic carbocycles. The first kappa shape index (κ1) is 25.7. The second kappa shape index (κ2) is 11.2. The molecule has 0 amide bonds. The van der Waals surface area contributed by atoms with Crippen LogP contribution in [0.25, 0.3) is 11.3 Å². The third-order valence-corrected chi connectivity index (χ3v) is 3.56.